The van der Waals surface area contributed by atoms with Crippen LogP contribution in [0, 0.1) is 19.7 Å². The maximum atomic E-state index is 13.6. The summed E-state index contributed by atoms with van der Waals surface area (Å²) in [7, 11) is 0. The Hall–Kier alpha value is -3.59. The van der Waals surface area contributed by atoms with E-state index in [1.165, 1.54) is 25.0 Å². The van der Waals surface area contributed by atoms with E-state index < -0.39 is 0 Å². The van der Waals surface area contributed by atoms with Crippen molar-refractivity contribution < 1.29 is 4.39 Å². The molecule has 4 aromatic rings. The molecule has 1 N–H and O–H groups in total. The number of halogens is 1. The summed E-state index contributed by atoms with van der Waals surface area (Å²) in [5.41, 5.74) is 4.68. The van der Waals surface area contributed by atoms with E-state index in [9.17, 15) is 9.18 Å². The molecule has 0 bridgehead atoms. The molecule has 1 saturated heterocycles. The van der Waals surface area contributed by atoms with Gasteiger partial charge in [-0.3, -0.25) is 9.69 Å². The first kappa shape index (κ1) is 23.8. The van der Waals surface area contributed by atoms with E-state index in [-0.39, 0.29) is 23.5 Å². The molecule has 0 spiro atoms. The highest BCUT2D eigenvalue weighted by atomic mass is 19.1. The van der Waals surface area contributed by atoms with Gasteiger partial charge in [0.05, 0.1) is 11.6 Å². The summed E-state index contributed by atoms with van der Waals surface area (Å²) in [6, 6.07) is 12.7. The number of piperazine rings is 1. The Bertz CT molecular complexity index is 1460. The highest BCUT2D eigenvalue weighted by molar-refractivity contribution is 5.83. The summed E-state index contributed by atoms with van der Waals surface area (Å²) < 4.78 is 15.4. The molecule has 2 fully saturated rings. The third kappa shape index (κ3) is 4.41. The zero-order valence-electron chi connectivity index (χ0n) is 21.3. The van der Waals surface area contributed by atoms with Gasteiger partial charge < -0.3 is 9.88 Å². The molecule has 1 atom stereocenters. The number of aromatic amines is 1. The van der Waals surface area contributed by atoms with Gasteiger partial charge in [-0.05, 0) is 84.0 Å². The first-order valence-electron chi connectivity index (χ1n) is 13.1. The predicted molar refractivity (Wildman–Crippen MR) is 141 cm³/mol. The average Bonchev–Trinajstić information content (AvgIpc) is 3.61. The van der Waals surface area contributed by atoms with E-state index in [0.29, 0.717) is 5.56 Å². The standard InChI is InChI=1S/C28H32FN7O/c1-18-7-8-20-17-24(28(37)30-25(20)19(18)2)26(27-31-32-33-36(27)23-5-3-4-6-23)35-15-13-34(14-16-35)22-11-9-21(29)10-12-22/h7-12,17,23,26H,3-6,13-16H2,1-2H3,(H,30,37). The van der Waals surface area contributed by atoms with Crippen molar-refractivity contribution in [3.05, 3.63) is 81.2 Å². The van der Waals surface area contributed by atoms with Crippen LogP contribution in [0.2, 0.25) is 0 Å². The summed E-state index contributed by atoms with van der Waals surface area (Å²) in [6.45, 7) is 7.07. The van der Waals surface area contributed by atoms with Gasteiger partial charge in [-0.15, -0.1) is 5.10 Å². The second-order valence-electron chi connectivity index (χ2n) is 10.3. The number of rotatable bonds is 5. The van der Waals surface area contributed by atoms with Gasteiger partial charge in [-0.1, -0.05) is 25.0 Å². The van der Waals surface area contributed by atoms with Crippen LogP contribution in [0.15, 0.2) is 47.3 Å². The fraction of sp³-hybridized carbons (Fsp3) is 0.429. The number of aryl methyl sites for hydroxylation is 2. The predicted octanol–water partition coefficient (Wildman–Crippen LogP) is 4.30. The quantitative estimate of drug-likeness (QED) is 0.439. The van der Waals surface area contributed by atoms with Gasteiger partial charge in [0.15, 0.2) is 5.82 Å². The topological polar surface area (TPSA) is 82.9 Å². The minimum absolute atomic E-state index is 0.104. The largest absolute Gasteiger partial charge is 0.369 e. The normalized spacial score (nSPS) is 18.1. The van der Waals surface area contributed by atoms with Crippen LogP contribution in [-0.2, 0) is 0 Å². The number of anilines is 1. The molecule has 0 amide bonds. The van der Waals surface area contributed by atoms with Crippen molar-refractivity contribution >= 4 is 16.6 Å². The molecule has 1 unspecified atom stereocenters. The number of fused-ring (bicyclic) bond motifs is 1. The number of nitrogens with zero attached hydrogens (tertiary/aromatic N) is 6. The highest BCUT2D eigenvalue weighted by Gasteiger charge is 2.34. The molecule has 1 aliphatic carbocycles. The van der Waals surface area contributed by atoms with Crippen LogP contribution >= 0.6 is 0 Å². The van der Waals surface area contributed by atoms with Crippen molar-refractivity contribution in [2.45, 2.75) is 51.6 Å². The maximum Gasteiger partial charge on any atom is 0.253 e. The van der Waals surface area contributed by atoms with E-state index in [4.69, 9.17) is 0 Å². The Morgan fingerprint density at radius 2 is 1.73 bits per heavy atom. The van der Waals surface area contributed by atoms with Crippen molar-refractivity contribution in [3.63, 3.8) is 0 Å². The Morgan fingerprint density at radius 3 is 2.46 bits per heavy atom. The molecule has 9 heteroatoms. The number of hydrogen-bond acceptors (Lipinski definition) is 6. The number of pyridine rings is 1. The monoisotopic (exact) mass is 501 g/mol. The molecule has 192 valence electrons. The molecular weight excluding hydrogens is 469 g/mol. The van der Waals surface area contributed by atoms with E-state index in [2.05, 4.69) is 49.4 Å². The number of nitrogens with one attached hydrogen (secondary N) is 1. The molecule has 0 radical (unpaired) electrons. The SMILES string of the molecule is Cc1ccc2cc(C(c3nnnn3C3CCCC3)N3CCN(c4ccc(F)cc4)CC3)c(=O)[nH]c2c1C. The van der Waals surface area contributed by atoms with E-state index in [1.807, 2.05) is 29.8 Å². The Kier molecular flexibility index (Phi) is 6.24. The lowest BCUT2D eigenvalue weighted by molar-refractivity contribution is 0.197. The van der Waals surface area contributed by atoms with Crippen LogP contribution in [0.3, 0.4) is 0 Å². The molecule has 6 rings (SSSR count). The summed E-state index contributed by atoms with van der Waals surface area (Å²) in [5, 5.41) is 14.0. The number of H-pyrrole nitrogens is 1. The first-order chi connectivity index (χ1) is 18.0. The van der Waals surface area contributed by atoms with Gasteiger partial charge in [0, 0.05) is 37.4 Å². The van der Waals surface area contributed by atoms with Crippen LogP contribution in [0.1, 0.15) is 60.3 Å². The van der Waals surface area contributed by atoms with E-state index in [1.54, 1.807) is 0 Å². The van der Waals surface area contributed by atoms with Gasteiger partial charge in [-0.2, -0.15) is 0 Å². The molecular formula is C28H32FN7O. The molecule has 2 aliphatic rings. The third-order valence-electron chi connectivity index (χ3n) is 8.18. The zero-order valence-corrected chi connectivity index (χ0v) is 21.3. The Labute approximate surface area is 215 Å². The lowest BCUT2D eigenvalue weighted by Crippen LogP contribution is -2.49. The molecule has 2 aromatic carbocycles. The van der Waals surface area contributed by atoms with Crippen molar-refractivity contribution in [2.24, 2.45) is 0 Å². The van der Waals surface area contributed by atoms with Gasteiger partial charge in [0.2, 0.25) is 0 Å². The smallest absolute Gasteiger partial charge is 0.253 e. The summed E-state index contributed by atoms with van der Waals surface area (Å²) in [6.07, 6.45) is 4.44. The molecule has 37 heavy (non-hydrogen) atoms. The highest BCUT2D eigenvalue weighted by Crippen LogP contribution is 2.34. The molecule has 2 aromatic heterocycles. The van der Waals surface area contributed by atoms with Crippen molar-refractivity contribution in [1.82, 2.24) is 30.1 Å². The lowest BCUT2D eigenvalue weighted by atomic mass is 9.99. The molecule has 1 aliphatic heterocycles. The molecule has 8 nitrogen and oxygen atoms in total. The van der Waals surface area contributed by atoms with Crippen molar-refractivity contribution in [1.29, 1.82) is 0 Å². The number of aromatic nitrogens is 5. The van der Waals surface area contributed by atoms with Crippen LogP contribution in [-0.4, -0.2) is 56.3 Å². The van der Waals surface area contributed by atoms with Crippen LogP contribution in [0.4, 0.5) is 10.1 Å². The zero-order chi connectivity index (χ0) is 25.5. The van der Waals surface area contributed by atoms with Crippen LogP contribution in [0.5, 0.6) is 0 Å². The average molecular weight is 502 g/mol. The first-order valence-corrected chi connectivity index (χ1v) is 13.1. The fourth-order valence-electron chi connectivity index (χ4n) is 5.92. The summed E-state index contributed by atoms with van der Waals surface area (Å²) >= 11 is 0. The summed E-state index contributed by atoms with van der Waals surface area (Å²) in [5.74, 6) is 0.498. The van der Waals surface area contributed by atoms with Crippen molar-refractivity contribution in [3.8, 4) is 0 Å². The fourth-order valence-corrected chi connectivity index (χ4v) is 5.92. The van der Waals surface area contributed by atoms with Crippen LogP contribution in [0.25, 0.3) is 10.9 Å². The molecule has 3 heterocycles. The third-order valence-corrected chi connectivity index (χ3v) is 8.18. The minimum atomic E-state index is -0.360. The number of benzene rings is 2. The van der Waals surface area contributed by atoms with Gasteiger partial charge in [0.25, 0.3) is 5.56 Å². The van der Waals surface area contributed by atoms with Crippen LogP contribution < -0.4 is 10.5 Å². The van der Waals surface area contributed by atoms with E-state index in [0.717, 1.165) is 72.6 Å². The van der Waals surface area contributed by atoms with Gasteiger partial charge >= 0.3 is 0 Å². The Balaban J connectivity index is 1.39. The maximum absolute atomic E-state index is 13.6. The second-order valence-corrected chi connectivity index (χ2v) is 10.3. The second kappa shape index (κ2) is 9.70. The lowest BCUT2D eigenvalue weighted by Gasteiger charge is -2.39. The Morgan fingerprint density at radius 1 is 1.00 bits per heavy atom. The number of hydrogen-bond donors (Lipinski definition) is 1. The van der Waals surface area contributed by atoms with Crippen molar-refractivity contribution in [2.75, 3.05) is 31.1 Å². The van der Waals surface area contributed by atoms with Gasteiger partial charge in [-0.25, -0.2) is 9.07 Å². The summed E-state index contributed by atoms with van der Waals surface area (Å²) in [4.78, 5) is 21.4. The molecule has 1 saturated carbocycles. The van der Waals surface area contributed by atoms with Gasteiger partial charge in [0.1, 0.15) is 11.9 Å². The number of tetrazole rings is 1. The van der Waals surface area contributed by atoms with E-state index >= 15 is 0 Å². The minimum Gasteiger partial charge on any atom is -0.369 e.